The second-order valence-electron chi connectivity index (χ2n) is 7.55. The maximum atomic E-state index is 12.7. The average molecular weight is 424 g/mol. The summed E-state index contributed by atoms with van der Waals surface area (Å²) in [6.07, 6.45) is 0. The largest absolute Gasteiger partial charge is 0.490 e. The molecule has 0 saturated heterocycles. The smallest absolute Gasteiger partial charge is 0.338 e. The van der Waals surface area contributed by atoms with Crippen molar-refractivity contribution in [2.75, 3.05) is 13.2 Å². The van der Waals surface area contributed by atoms with Gasteiger partial charge in [0.2, 0.25) is 0 Å². The summed E-state index contributed by atoms with van der Waals surface area (Å²) in [4.78, 5) is 24.7. The van der Waals surface area contributed by atoms with Gasteiger partial charge in [-0.3, -0.25) is 0 Å². The molecule has 3 rings (SSSR count). The van der Waals surface area contributed by atoms with Crippen LogP contribution in [0.1, 0.15) is 60.7 Å². The zero-order valence-corrected chi connectivity index (χ0v) is 18.6. The van der Waals surface area contributed by atoms with Crippen LogP contribution in [0.2, 0.25) is 0 Å². The minimum absolute atomic E-state index is 0.0429. The monoisotopic (exact) mass is 424 g/mol. The first kappa shape index (κ1) is 22.4. The number of hydrogen-bond acceptors (Lipinski definition) is 6. The Kier molecular flexibility index (Phi) is 7.00. The number of fused-ring (bicyclic) bond motifs is 1. The summed E-state index contributed by atoms with van der Waals surface area (Å²) < 4.78 is 22.0. The molecule has 6 nitrogen and oxygen atoms in total. The number of rotatable bonds is 8. The van der Waals surface area contributed by atoms with E-state index in [0.717, 1.165) is 16.5 Å². The second-order valence-corrected chi connectivity index (χ2v) is 7.55. The van der Waals surface area contributed by atoms with Gasteiger partial charge in [0.25, 0.3) is 0 Å². The van der Waals surface area contributed by atoms with Crippen molar-refractivity contribution in [2.45, 2.75) is 47.1 Å². The molecule has 0 spiro atoms. The van der Waals surface area contributed by atoms with Gasteiger partial charge in [0, 0.05) is 17.0 Å². The van der Waals surface area contributed by atoms with Crippen molar-refractivity contribution in [2.24, 2.45) is 0 Å². The minimum atomic E-state index is -0.512. The summed E-state index contributed by atoms with van der Waals surface area (Å²) in [6, 6.07) is 10.2. The van der Waals surface area contributed by atoms with E-state index in [1.54, 1.807) is 18.2 Å². The predicted octanol–water partition coefficient (Wildman–Crippen LogP) is 5.38. The predicted molar refractivity (Wildman–Crippen MR) is 119 cm³/mol. The van der Waals surface area contributed by atoms with Gasteiger partial charge in [-0.05, 0) is 68.1 Å². The van der Waals surface area contributed by atoms with E-state index < -0.39 is 11.6 Å². The number of esters is 1. The Balaban J connectivity index is 1.88. The average Bonchev–Trinajstić information content (AvgIpc) is 2.72. The summed E-state index contributed by atoms with van der Waals surface area (Å²) in [7, 11) is 0. The molecule has 1 aromatic heterocycles. The van der Waals surface area contributed by atoms with Crippen molar-refractivity contribution in [3.63, 3.8) is 0 Å². The van der Waals surface area contributed by atoms with Crippen LogP contribution in [0.25, 0.3) is 11.0 Å². The maximum Gasteiger partial charge on any atom is 0.338 e. The van der Waals surface area contributed by atoms with Gasteiger partial charge in [-0.2, -0.15) is 0 Å². The molecule has 0 saturated carbocycles. The molecule has 164 valence electrons. The number of benzene rings is 2. The van der Waals surface area contributed by atoms with E-state index in [1.165, 1.54) is 6.07 Å². The number of hydrogen-bond donors (Lipinski definition) is 0. The topological polar surface area (TPSA) is 75.0 Å². The minimum Gasteiger partial charge on any atom is -0.490 e. The molecular weight excluding hydrogens is 396 g/mol. The normalized spacial score (nSPS) is 11.0. The lowest BCUT2D eigenvalue weighted by Crippen LogP contribution is -2.09. The molecule has 3 aromatic rings. The van der Waals surface area contributed by atoms with Crippen LogP contribution < -0.4 is 15.1 Å². The third kappa shape index (κ3) is 5.08. The Morgan fingerprint density at radius 2 is 1.71 bits per heavy atom. The summed E-state index contributed by atoms with van der Waals surface area (Å²) in [6.45, 7) is 10.8. The molecular formula is C25H28O6. The lowest BCUT2D eigenvalue weighted by molar-refractivity contribution is 0.0473. The molecule has 0 aliphatic rings. The standard InChI is InChI=1S/C25H28O6/c1-6-28-21-9-8-17(11-23(21)29-7-2)25(27)30-14-18-12-24(26)31-22-10-16(5)19(15(3)4)13-20(18)22/h8-13,15H,6-7,14H2,1-5H3. The zero-order valence-electron chi connectivity index (χ0n) is 18.6. The summed E-state index contributed by atoms with van der Waals surface area (Å²) in [5.41, 5.74) is 3.17. The molecule has 0 unspecified atom stereocenters. The zero-order chi connectivity index (χ0) is 22.5. The summed E-state index contributed by atoms with van der Waals surface area (Å²) >= 11 is 0. The number of carbonyl (C=O) groups is 1. The maximum absolute atomic E-state index is 12.7. The highest BCUT2D eigenvalue weighted by molar-refractivity contribution is 5.90. The Labute approximate surface area is 181 Å². The van der Waals surface area contributed by atoms with Crippen LogP contribution in [0.4, 0.5) is 0 Å². The molecule has 0 atom stereocenters. The van der Waals surface area contributed by atoms with Crippen molar-refractivity contribution in [1.29, 1.82) is 0 Å². The molecule has 0 radical (unpaired) electrons. The summed E-state index contributed by atoms with van der Waals surface area (Å²) in [5.74, 6) is 0.861. The van der Waals surface area contributed by atoms with Crippen LogP contribution in [0.15, 0.2) is 45.6 Å². The highest BCUT2D eigenvalue weighted by Gasteiger charge is 2.16. The third-order valence-corrected chi connectivity index (χ3v) is 4.98. The van der Waals surface area contributed by atoms with Crippen LogP contribution in [-0.4, -0.2) is 19.2 Å². The molecule has 2 aromatic carbocycles. The van der Waals surface area contributed by atoms with Crippen molar-refractivity contribution in [1.82, 2.24) is 0 Å². The van der Waals surface area contributed by atoms with Crippen LogP contribution in [0.3, 0.4) is 0 Å². The van der Waals surface area contributed by atoms with E-state index in [0.29, 0.717) is 47.3 Å². The molecule has 0 N–H and O–H groups in total. The van der Waals surface area contributed by atoms with Crippen LogP contribution >= 0.6 is 0 Å². The molecule has 0 amide bonds. The molecule has 0 fully saturated rings. The van der Waals surface area contributed by atoms with E-state index in [4.69, 9.17) is 18.6 Å². The first-order valence-corrected chi connectivity index (χ1v) is 10.5. The van der Waals surface area contributed by atoms with Crippen molar-refractivity contribution in [3.05, 3.63) is 69.1 Å². The van der Waals surface area contributed by atoms with Crippen LogP contribution in [-0.2, 0) is 11.3 Å². The fourth-order valence-corrected chi connectivity index (χ4v) is 3.54. The molecule has 0 aliphatic heterocycles. The van der Waals surface area contributed by atoms with Gasteiger partial charge in [-0.15, -0.1) is 0 Å². The molecule has 1 heterocycles. The van der Waals surface area contributed by atoms with Gasteiger partial charge in [0.05, 0.1) is 18.8 Å². The lowest BCUT2D eigenvalue weighted by Gasteiger charge is -2.14. The molecule has 31 heavy (non-hydrogen) atoms. The third-order valence-electron chi connectivity index (χ3n) is 4.98. The fraction of sp³-hybridized carbons (Fsp3) is 0.360. The first-order chi connectivity index (χ1) is 14.8. The van der Waals surface area contributed by atoms with Gasteiger partial charge < -0.3 is 18.6 Å². The highest BCUT2D eigenvalue weighted by Crippen LogP contribution is 2.30. The molecule has 6 heteroatoms. The van der Waals surface area contributed by atoms with E-state index in [9.17, 15) is 9.59 Å². The quantitative estimate of drug-likeness (QED) is 0.357. The van der Waals surface area contributed by atoms with Crippen molar-refractivity contribution < 1.29 is 23.4 Å². The highest BCUT2D eigenvalue weighted by atomic mass is 16.5. The van der Waals surface area contributed by atoms with E-state index in [2.05, 4.69) is 13.8 Å². The SMILES string of the molecule is CCOc1ccc(C(=O)OCc2cc(=O)oc3cc(C)c(C(C)C)cc23)cc1OCC. The summed E-state index contributed by atoms with van der Waals surface area (Å²) in [5, 5.41) is 0.767. The Bertz CT molecular complexity index is 1140. The van der Waals surface area contributed by atoms with Gasteiger partial charge in [0.15, 0.2) is 11.5 Å². The van der Waals surface area contributed by atoms with Gasteiger partial charge in [-0.1, -0.05) is 13.8 Å². The molecule has 0 aliphatic carbocycles. The lowest BCUT2D eigenvalue weighted by atomic mass is 9.95. The van der Waals surface area contributed by atoms with Crippen molar-refractivity contribution in [3.8, 4) is 11.5 Å². The van der Waals surface area contributed by atoms with Gasteiger partial charge in [0.1, 0.15) is 12.2 Å². The van der Waals surface area contributed by atoms with Crippen LogP contribution in [0, 0.1) is 6.92 Å². The fourth-order valence-electron chi connectivity index (χ4n) is 3.54. The Morgan fingerprint density at radius 3 is 2.39 bits per heavy atom. The number of ether oxygens (including phenoxy) is 3. The van der Waals surface area contributed by atoms with E-state index in [-0.39, 0.29) is 6.61 Å². The van der Waals surface area contributed by atoms with Crippen LogP contribution in [0.5, 0.6) is 11.5 Å². The Morgan fingerprint density at radius 1 is 1.00 bits per heavy atom. The molecule has 0 bridgehead atoms. The van der Waals surface area contributed by atoms with Crippen molar-refractivity contribution >= 4 is 16.9 Å². The van der Waals surface area contributed by atoms with Gasteiger partial charge >= 0.3 is 11.6 Å². The van der Waals surface area contributed by atoms with E-state index in [1.807, 2.05) is 32.9 Å². The number of carbonyl (C=O) groups excluding carboxylic acids is 1. The number of aryl methyl sites for hydroxylation is 1. The second kappa shape index (κ2) is 9.69. The van der Waals surface area contributed by atoms with E-state index >= 15 is 0 Å². The van der Waals surface area contributed by atoms with Gasteiger partial charge in [-0.25, -0.2) is 9.59 Å². The first-order valence-electron chi connectivity index (χ1n) is 10.5. The Hall–Kier alpha value is -3.28.